The number of hydrogen-bond acceptors (Lipinski definition) is 2. The lowest BCUT2D eigenvalue weighted by atomic mass is 10.4. The number of rotatable bonds is 3. The van der Waals surface area contributed by atoms with E-state index in [1.807, 2.05) is 6.92 Å². The van der Waals surface area contributed by atoms with Crippen LogP contribution in [0.15, 0.2) is 0 Å². The molecule has 0 aromatic rings. The molecule has 3 nitrogen and oxygen atoms in total. The third kappa shape index (κ3) is 12.0. The van der Waals surface area contributed by atoms with E-state index in [2.05, 4.69) is 0 Å². The van der Waals surface area contributed by atoms with E-state index in [-0.39, 0.29) is 28.8 Å². The Labute approximate surface area is 71.7 Å². The molecule has 0 amide bonds. The van der Waals surface area contributed by atoms with Crippen LogP contribution in [0.25, 0.3) is 0 Å². The van der Waals surface area contributed by atoms with Crippen molar-refractivity contribution in [2.24, 2.45) is 0 Å². The first-order valence-corrected chi connectivity index (χ1v) is 4.12. The van der Waals surface area contributed by atoms with Gasteiger partial charge in [0, 0.05) is 23.1 Å². The second-order valence-corrected chi connectivity index (χ2v) is 3.21. The second kappa shape index (κ2) is 5.46. The molecule has 0 aliphatic rings. The van der Waals surface area contributed by atoms with Gasteiger partial charge in [0.2, 0.25) is 0 Å². The summed E-state index contributed by atoms with van der Waals surface area (Å²) in [5.74, 6) is -0.108. The predicted molar refractivity (Wildman–Crippen MR) is 37.1 cm³/mol. The highest BCUT2D eigenvalue weighted by molar-refractivity contribution is 7.85. The standard InChI is InChI=1S/C4H10O3S.Mg/c1-2-3-4-8(5,6)7;/h2-4H2,1H3,(H,5,6,7);. The second-order valence-electron chi connectivity index (χ2n) is 1.64. The van der Waals surface area contributed by atoms with Crippen molar-refractivity contribution in [3.63, 3.8) is 0 Å². The molecule has 9 heavy (non-hydrogen) atoms. The first kappa shape index (κ1) is 12.4. The summed E-state index contributed by atoms with van der Waals surface area (Å²) in [4.78, 5) is 0. The Hall–Kier alpha value is 0.676. The minimum atomic E-state index is -3.69. The molecular weight excluding hydrogens is 152 g/mol. The summed E-state index contributed by atoms with van der Waals surface area (Å²) in [6.07, 6.45) is 1.33. The summed E-state index contributed by atoms with van der Waals surface area (Å²) < 4.78 is 28.0. The van der Waals surface area contributed by atoms with E-state index in [0.29, 0.717) is 6.42 Å². The van der Waals surface area contributed by atoms with Crippen LogP contribution >= 0.6 is 0 Å². The van der Waals surface area contributed by atoms with Gasteiger partial charge in [-0.25, -0.2) is 0 Å². The molecule has 2 radical (unpaired) electrons. The average Bonchev–Trinajstić information content (AvgIpc) is 1.59. The topological polar surface area (TPSA) is 54.4 Å². The van der Waals surface area contributed by atoms with Crippen LogP contribution in [0.1, 0.15) is 19.8 Å². The van der Waals surface area contributed by atoms with Crippen LogP contribution in [-0.4, -0.2) is 41.8 Å². The minimum absolute atomic E-state index is 0. The summed E-state index contributed by atoms with van der Waals surface area (Å²) in [7, 11) is -3.69. The van der Waals surface area contributed by atoms with Gasteiger partial charge in [-0.1, -0.05) is 13.3 Å². The fourth-order valence-corrected chi connectivity index (χ4v) is 0.980. The van der Waals surface area contributed by atoms with E-state index in [4.69, 9.17) is 4.55 Å². The van der Waals surface area contributed by atoms with Crippen molar-refractivity contribution in [3.8, 4) is 0 Å². The van der Waals surface area contributed by atoms with E-state index in [1.54, 1.807) is 0 Å². The molecular formula is C4H10MgO3S. The van der Waals surface area contributed by atoms with Crippen molar-refractivity contribution in [2.45, 2.75) is 19.8 Å². The first-order chi connectivity index (χ1) is 3.56. The highest BCUT2D eigenvalue weighted by atomic mass is 32.2. The summed E-state index contributed by atoms with van der Waals surface area (Å²) in [6.45, 7) is 1.87. The molecule has 0 atom stereocenters. The van der Waals surface area contributed by atoms with Crippen LogP contribution in [0.4, 0.5) is 0 Å². The maximum atomic E-state index is 9.95. The number of unbranched alkanes of at least 4 members (excludes halogenated alkanes) is 1. The van der Waals surface area contributed by atoms with Crippen molar-refractivity contribution >= 4 is 33.2 Å². The summed E-state index contributed by atoms with van der Waals surface area (Å²) in [5, 5.41) is 0. The molecule has 0 aromatic carbocycles. The third-order valence-corrected chi connectivity index (χ3v) is 1.56. The van der Waals surface area contributed by atoms with Crippen molar-refractivity contribution in [1.82, 2.24) is 0 Å². The van der Waals surface area contributed by atoms with E-state index < -0.39 is 10.1 Å². The van der Waals surface area contributed by atoms with Gasteiger partial charge >= 0.3 is 0 Å². The summed E-state index contributed by atoms with van der Waals surface area (Å²) in [5.41, 5.74) is 0. The zero-order valence-electron chi connectivity index (χ0n) is 5.50. The molecule has 0 bridgehead atoms. The lowest BCUT2D eigenvalue weighted by molar-refractivity contribution is 0.480. The smallest absolute Gasteiger partial charge is 0.264 e. The van der Waals surface area contributed by atoms with Crippen LogP contribution in [0.5, 0.6) is 0 Å². The Morgan fingerprint density at radius 3 is 2.00 bits per heavy atom. The van der Waals surface area contributed by atoms with Crippen LogP contribution < -0.4 is 0 Å². The van der Waals surface area contributed by atoms with Gasteiger partial charge in [0.1, 0.15) is 0 Å². The van der Waals surface area contributed by atoms with E-state index in [0.717, 1.165) is 6.42 Å². The van der Waals surface area contributed by atoms with Gasteiger partial charge in [0.15, 0.2) is 0 Å². The fourth-order valence-electron chi connectivity index (χ4n) is 0.327. The monoisotopic (exact) mass is 162 g/mol. The van der Waals surface area contributed by atoms with Crippen LogP contribution in [0, 0.1) is 0 Å². The molecule has 52 valence electrons. The maximum Gasteiger partial charge on any atom is 0.264 e. The maximum absolute atomic E-state index is 9.95. The van der Waals surface area contributed by atoms with Crippen molar-refractivity contribution in [1.29, 1.82) is 0 Å². The van der Waals surface area contributed by atoms with E-state index in [9.17, 15) is 8.42 Å². The van der Waals surface area contributed by atoms with Gasteiger partial charge in [-0.15, -0.1) is 0 Å². The van der Waals surface area contributed by atoms with Crippen LogP contribution in [-0.2, 0) is 10.1 Å². The highest BCUT2D eigenvalue weighted by Gasteiger charge is 2.00. The minimum Gasteiger partial charge on any atom is -0.286 e. The van der Waals surface area contributed by atoms with E-state index >= 15 is 0 Å². The van der Waals surface area contributed by atoms with Gasteiger partial charge in [0.25, 0.3) is 10.1 Å². The predicted octanol–water partition coefficient (Wildman–Crippen LogP) is 0.294. The molecule has 0 aliphatic heterocycles. The molecule has 0 aromatic heterocycles. The SMILES string of the molecule is CCCCS(=O)(=O)O.[Mg]. The average molecular weight is 162 g/mol. The molecule has 0 saturated carbocycles. The zero-order chi connectivity index (χ0) is 6.62. The molecule has 0 spiro atoms. The lowest BCUT2D eigenvalue weighted by Crippen LogP contribution is -2.02. The molecule has 1 N–H and O–H groups in total. The molecule has 5 heteroatoms. The number of hydrogen-bond donors (Lipinski definition) is 1. The quantitative estimate of drug-likeness (QED) is 0.480. The van der Waals surface area contributed by atoms with Crippen molar-refractivity contribution in [3.05, 3.63) is 0 Å². The molecule has 0 unspecified atom stereocenters. The molecule has 0 heterocycles. The van der Waals surface area contributed by atoms with Gasteiger partial charge in [0.05, 0.1) is 5.75 Å². The Kier molecular flexibility index (Phi) is 7.50. The molecule has 0 aliphatic carbocycles. The largest absolute Gasteiger partial charge is 0.286 e. The third-order valence-electron chi connectivity index (χ3n) is 0.756. The van der Waals surface area contributed by atoms with Gasteiger partial charge < -0.3 is 0 Å². The Balaban J connectivity index is 0. The van der Waals surface area contributed by atoms with Crippen molar-refractivity contribution in [2.75, 3.05) is 5.75 Å². The van der Waals surface area contributed by atoms with Crippen molar-refractivity contribution < 1.29 is 13.0 Å². The normalized spacial score (nSPS) is 10.4. The molecule has 0 saturated heterocycles. The van der Waals surface area contributed by atoms with Gasteiger partial charge in [-0.3, -0.25) is 4.55 Å². The Morgan fingerprint density at radius 2 is 1.89 bits per heavy atom. The van der Waals surface area contributed by atoms with Crippen LogP contribution in [0.3, 0.4) is 0 Å². The zero-order valence-corrected chi connectivity index (χ0v) is 7.73. The fraction of sp³-hybridized carbons (Fsp3) is 1.00. The Bertz CT molecular complexity index is 140. The van der Waals surface area contributed by atoms with E-state index in [1.165, 1.54) is 0 Å². The summed E-state index contributed by atoms with van der Waals surface area (Å²) >= 11 is 0. The highest BCUT2D eigenvalue weighted by Crippen LogP contribution is 1.90. The van der Waals surface area contributed by atoms with Crippen LogP contribution in [0.2, 0.25) is 0 Å². The first-order valence-electron chi connectivity index (χ1n) is 2.51. The molecule has 0 rings (SSSR count). The van der Waals surface area contributed by atoms with Gasteiger partial charge in [-0.05, 0) is 6.42 Å². The lowest BCUT2D eigenvalue weighted by Gasteiger charge is -1.90. The Morgan fingerprint density at radius 1 is 1.44 bits per heavy atom. The summed E-state index contributed by atoms with van der Waals surface area (Å²) in [6, 6.07) is 0. The molecule has 0 fully saturated rings. The van der Waals surface area contributed by atoms with Gasteiger partial charge in [-0.2, -0.15) is 8.42 Å².